The van der Waals surface area contributed by atoms with Crippen LogP contribution in [-0.2, 0) is 11.3 Å². The average molecular weight is 403 g/mol. The number of benzene rings is 2. The van der Waals surface area contributed by atoms with Gasteiger partial charge in [-0.3, -0.25) is 4.79 Å². The van der Waals surface area contributed by atoms with Gasteiger partial charge in [-0.2, -0.15) is 0 Å². The number of amides is 1. The first-order valence-electron chi connectivity index (χ1n) is 9.63. The number of rotatable bonds is 8. The monoisotopic (exact) mass is 402 g/mol. The lowest BCUT2D eigenvalue weighted by atomic mass is 10.1. The molecule has 0 saturated carbocycles. The van der Waals surface area contributed by atoms with E-state index in [1.807, 2.05) is 41.3 Å². The molecule has 1 aliphatic rings. The lowest BCUT2D eigenvalue weighted by Gasteiger charge is -2.18. The van der Waals surface area contributed by atoms with E-state index < -0.39 is 0 Å². The van der Waals surface area contributed by atoms with Crippen LogP contribution in [0.1, 0.15) is 36.9 Å². The van der Waals surface area contributed by atoms with E-state index in [0.29, 0.717) is 18.0 Å². The third-order valence-electron chi connectivity index (χ3n) is 5.00. The minimum atomic E-state index is 0.0284. The van der Waals surface area contributed by atoms with Crippen LogP contribution in [0.15, 0.2) is 42.5 Å². The fourth-order valence-electron chi connectivity index (χ4n) is 3.30. The Labute approximate surface area is 171 Å². The van der Waals surface area contributed by atoms with Crippen LogP contribution in [0, 0.1) is 0 Å². The van der Waals surface area contributed by atoms with Crippen LogP contribution in [-0.4, -0.2) is 37.6 Å². The number of nitrogens with one attached hydrogen (secondary N) is 1. The predicted octanol–water partition coefficient (Wildman–Crippen LogP) is 4.20. The molecule has 1 aliphatic heterocycles. The average Bonchev–Trinajstić information content (AvgIpc) is 3.25. The first kappa shape index (κ1) is 20.5. The van der Waals surface area contributed by atoms with E-state index in [4.69, 9.17) is 21.1 Å². The van der Waals surface area contributed by atoms with Crippen molar-refractivity contribution < 1.29 is 14.3 Å². The number of halogens is 1. The molecule has 1 amide bonds. The van der Waals surface area contributed by atoms with Crippen molar-refractivity contribution in [3.63, 3.8) is 0 Å². The van der Waals surface area contributed by atoms with E-state index in [1.165, 1.54) is 0 Å². The van der Waals surface area contributed by atoms with Gasteiger partial charge in [-0.25, -0.2) is 0 Å². The van der Waals surface area contributed by atoms with Crippen LogP contribution < -0.4 is 14.8 Å². The van der Waals surface area contributed by atoms with Gasteiger partial charge in [0.25, 0.3) is 5.91 Å². The van der Waals surface area contributed by atoms with E-state index >= 15 is 0 Å². The first-order chi connectivity index (χ1) is 13.6. The highest BCUT2D eigenvalue weighted by atomic mass is 35.5. The zero-order valence-electron chi connectivity index (χ0n) is 16.4. The van der Waals surface area contributed by atoms with Gasteiger partial charge in [-0.15, -0.1) is 0 Å². The zero-order valence-corrected chi connectivity index (χ0v) is 17.2. The molecule has 1 saturated heterocycles. The second-order valence-corrected chi connectivity index (χ2v) is 7.46. The van der Waals surface area contributed by atoms with E-state index in [-0.39, 0.29) is 18.6 Å². The van der Waals surface area contributed by atoms with Crippen LogP contribution in [0.4, 0.5) is 0 Å². The minimum Gasteiger partial charge on any atom is -0.493 e. The van der Waals surface area contributed by atoms with Crippen molar-refractivity contribution in [2.24, 2.45) is 0 Å². The molecule has 3 rings (SSSR count). The fourth-order valence-corrected chi connectivity index (χ4v) is 3.50. The van der Waals surface area contributed by atoms with Gasteiger partial charge < -0.3 is 19.7 Å². The molecule has 150 valence electrons. The summed E-state index contributed by atoms with van der Waals surface area (Å²) in [5, 5.41) is 4.22. The van der Waals surface area contributed by atoms with E-state index in [2.05, 4.69) is 18.3 Å². The van der Waals surface area contributed by atoms with Crippen LogP contribution >= 0.6 is 11.6 Å². The van der Waals surface area contributed by atoms with Gasteiger partial charge in [-0.1, -0.05) is 29.8 Å². The molecule has 1 fully saturated rings. The SMILES string of the molecule is COc1cc(CNC(C)c2cccc(Cl)c2)ccc1OCC(=O)N1CCCC1. The van der Waals surface area contributed by atoms with Crippen molar-refractivity contribution in [2.45, 2.75) is 32.4 Å². The number of hydrogen-bond acceptors (Lipinski definition) is 4. The highest BCUT2D eigenvalue weighted by Gasteiger charge is 2.19. The van der Waals surface area contributed by atoms with Crippen LogP contribution in [0.5, 0.6) is 11.5 Å². The first-order valence-corrected chi connectivity index (χ1v) is 10.0. The number of ether oxygens (including phenoxy) is 2. The molecule has 0 radical (unpaired) electrons. The number of methoxy groups -OCH3 is 1. The number of nitrogens with zero attached hydrogens (tertiary/aromatic N) is 1. The molecule has 1 N–H and O–H groups in total. The third kappa shape index (κ3) is 5.40. The maximum Gasteiger partial charge on any atom is 0.260 e. The molecule has 0 aliphatic carbocycles. The Morgan fingerprint density at radius 2 is 1.96 bits per heavy atom. The molecular weight excluding hydrogens is 376 g/mol. The second kappa shape index (κ2) is 9.80. The van der Waals surface area contributed by atoms with Gasteiger partial charge in [0.1, 0.15) is 0 Å². The molecule has 28 heavy (non-hydrogen) atoms. The van der Waals surface area contributed by atoms with Crippen molar-refractivity contribution in [3.05, 3.63) is 58.6 Å². The lowest BCUT2D eigenvalue weighted by Crippen LogP contribution is -2.32. The summed E-state index contributed by atoms with van der Waals surface area (Å²) < 4.78 is 11.2. The minimum absolute atomic E-state index is 0.0284. The Bertz CT molecular complexity index is 806. The van der Waals surface area contributed by atoms with Gasteiger partial charge in [-0.05, 0) is 55.2 Å². The summed E-state index contributed by atoms with van der Waals surface area (Å²) in [6, 6.07) is 13.8. The van der Waals surface area contributed by atoms with E-state index in [1.54, 1.807) is 7.11 Å². The fraction of sp³-hybridized carbons (Fsp3) is 0.409. The maximum absolute atomic E-state index is 12.2. The zero-order chi connectivity index (χ0) is 19.9. The highest BCUT2D eigenvalue weighted by molar-refractivity contribution is 6.30. The largest absolute Gasteiger partial charge is 0.493 e. The van der Waals surface area contributed by atoms with Gasteiger partial charge in [0.05, 0.1) is 7.11 Å². The Balaban J connectivity index is 1.57. The molecule has 0 spiro atoms. The van der Waals surface area contributed by atoms with Crippen molar-refractivity contribution in [1.29, 1.82) is 0 Å². The Morgan fingerprint density at radius 3 is 2.68 bits per heavy atom. The molecule has 1 atom stereocenters. The molecule has 0 bridgehead atoms. The van der Waals surface area contributed by atoms with Crippen molar-refractivity contribution in [3.8, 4) is 11.5 Å². The standard InChI is InChI=1S/C22H27ClN2O3/c1-16(18-6-5-7-19(23)13-18)24-14-17-8-9-20(21(12-17)27-2)28-15-22(26)25-10-3-4-11-25/h5-9,12-13,16,24H,3-4,10-11,14-15H2,1-2H3. The Morgan fingerprint density at radius 1 is 1.18 bits per heavy atom. The highest BCUT2D eigenvalue weighted by Crippen LogP contribution is 2.28. The van der Waals surface area contributed by atoms with Gasteiger partial charge in [0, 0.05) is 30.7 Å². The molecule has 2 aromatic carbocycles. The number of carbonyl (C=O) groups is 1. The summed E-state index contributed by atoms with van der Waals surface area (Å²) in [5.41, 5.74) is 2.21. The molecule has 1 heterocycles. The van der Waals surface area contributed by atoms with E-state index in [0.717, 1.165) is 42.1 Å². The summed E-state index contributed by atoms with van der Waals surface area (Å²) >= 11 is 6.07. The molecule has 6 heteroatoms. The van der Waals surface area contributed by atoms with Crippen LogP contribution in [0.2, 0.25) is 5.02 Å². The number of carbonyl (C=O) groups excluding carboxylic acids is 1. The second-order valence-electron chi connectivity index (χ2n) is 7.02. The Hall–Kier alpha value is -2.24. The topological polar surface area (TPSA) is 50.8 Å². The van der Waals surface area contributed by atoms with E-state index in [9.17, 15) is 4.79 Å². The number of hydrogen-bond donors (Lipinski definition) is 1. The summed E-state index contributed by atoms with van der Waals surface area (Å²) in [5.74, 6) is 1.24. The third-order valence-corrected chi connectivity index (χ3v) is 5.23. The summed E-state index contributed by atoms with van der Waals surface area (Å²) in [7, 11) is 1.61. The smallest absolute Gasteiger partial charge is 0.260 e. The van der Waals surface area contributed by atoms with Gasteiger partial charge in [0.15, 0.2) is 18.1 Å². The normalized spacial score (nSPS) is 14.8. The quantitative estimate of drug-likeness (QED) is 0.718. The maximum atomic E-state index is 12.2. The van der Waals surface area contributed by atoms with Gasteiger partial charge >= 0.3 is 0 Å². The molecule has 2 aromatic rings. The predicted molar refractivity (Wildman–Crippen MR) is 111 cm³/mol. The Kier molecular flexibility index (Phi) is 7.18. The lowest BCUT2D eigenvalue weighted by molar-refractivity contribution is -0.132. The molecule has 0 aromatic heterocycles. The summed E-state index contributed by atoms with van der Waals surface area (Å²) in [6.45, 7) is 4.48. The van der Waals surface area contributed by atoms with Crippen molar-refractivity contribution in [2.75, 3.05) is 26.8 Å². The van der Waals surface area contributed by atoms with Crippen LogP contribution in [0.25, 0.3) is 0 Å². The summed E-state index contributed by atoms with van der Waals surface area (Å²) in [6.07, 6.45) is 2.15. The number of likely N-dealkylation sites (tertiary alicyclic amines) is 1. The summed E-state index contributed by atoms with van der Waals surface area (Å²) in [4.78, 5) is 14.0. The van der Waals surface area contributed by atoms with Crippen molar-refractivity contribution >= 4 is 17.5 Å². The van der Waals surface area contributed by atoms with Crippen molar-refractivity contribution in [1.82, 2.24) is 10.2 Å². The van der Waals surface area contributed by atoms with Crippen LogP contribution in [0.3, 0.4) is 0 Å². The van der Waals surface area contributed by atoms with Gasteiger partial charge in [0.2, 0.25) is 0 Å². The molecule has 5 nitrogen and oxygen atoms in total. The molecular formula is C22H27ClN2O3. The molecule has 1 unspecified atom stereocenters.